The fourth-order valence-electron chi connectivity index (χ4n) is 6.17. The Kier molecular flexibility index (Phi) is 7.67. The Morgan fingerprint density at radius 1 is 0.781 bits per heavy atom. The van der Waals surface area contributed by atoms with E-state index in [4.69, 9.17) is 0 Å². The Hall–Kier alpha value is -0.370. The maximum Gasteiger partial charge on any atom is 0.436 e. The summed E-state index contributed by atoms with van der Waals surface area (Å²) in [6.07, 6.45) is -5.21. The van der Waals surface area contributed by atoms with E-state index >= 15 is 0 Å². The topological polar surface area (TPSA) is 50.8 Å². The van der Waals surface area contributed by atoms with Gasteiger partial charge < -0.3 is 5.26 Å². The molecule has 4 bridgehead atoms. The first-order chi connectivity index (χ1) is 14.7. The summed E-state index contributed by atoms with van der Waals surface area (Å²) in [5.41, 5.74) is 0.200. The Labute approximate surface area is 184 Å². The third-order valence-corrected chi connectivity index (χ3v) is 7.62. The highest BCUT2D eigenvalue weighted by molar-refractivity contribution is 7.95. The van der Waals surface area contributed by atoms with Crippen molar-refractivity contribution in [3.05, 3.63) is 0 Å². The molecule has 0 N–H and O–H groups in total. The van der Waals surface area contributed by atoms with Crippen molar-refractivity contribution < 1.29 is 54.5 Å². The Morgan fingerprint density at radius 3 is 1.81 bits per heavy atom. The molecule has 0 aromatic carbocycles. The summed E-state index contributed by atoms with van der Waals surface area (Å²) in [6, 6.07) is 0. The number of ether oxygens (including phenoxy) is 1. The van der Waals surface area contributed by atoms with Crippen molar-refractivity contribution in [1.82, 2.24) is 0 Å². The second-order valence-corrected chi connectivity index (χ2v) is 10.4. The van der Waals surface area contributed by atoms with Crippen molar-refractivity contribution in [3.8, 4) is 0 Å². The lowest BCUT2D eigenvalue weighted by Crippen LogP contribution is -2.52. The Morgan fingerprint density at radius 2 is 1.31 bits per heavy atom. The molecule has 0 atom stereocenters. The molecule has 0 spiro atoms. The van der Waals surface area contributed by atoms with E-state index in [0.29, 0.717) is 24.2 Å². The number of rotatable bonds is 13. The van der Waals surface area contributed by atoms with Gasteiger partial charge in [0.05, 0.1) is 0 Å². The minimum atomic E-state index is -6.07. The van der Waals surface area contributed by atoms with Crippen molar-refractivity contribution in [2.45, 2.75) is 94.0 Å². The summed E-state index contributed by atoms with van der Waals surface area (Å²) in [4.78, 5) is 0. The normalized spacial score (nSPS) is 30.8. The lowest BCUT2D eigenvalue weighted by Gasteiger charge is -2.57. The van der Waals surface area contributed by atoms with Gasteiger partial charge in [0, 0.05) is 6.42 Å². The van der Waals surface area contributed by atoms with Gasteiger partial charge in [0.25, 0.3) is 0 Å². The first-order valence-electron chi connectivity index (χ1n) is 10.6. The number of hydrogen-bond donors (Lipinski definition) is 0. The van der Waals surface area contributed by atoms with Gasteiger partial charge in [-0.3, -0.25) is 5.04 Å². The van der Waals surface area contributed by atoms with Gasteiger partial charge in [-0.25, -0.2) is 4.74 Å². The summed E-state index contributed by atoms with van der Waals surface area (Å²) in [7, 11) is 0. The minimum absolute atomic E-state index is 0.185. The van der Waals surface area contributed by atoms with Crippen LogP contribution in [-0.4, -0.2) is 23.4 Å². The van der Waals surface area contributed by atoms with Gasteiger partial charge in [0.1, 0.15) is 12.0 Å². The van der Waals surface area contributed by atoms with Gasteiger partial charge in [0.2, 0.25) is 0 Å². The van der Waals surface area contributed by atoms with E-state index < -0.39 is 48.3 Å². The molecule has 4 nitrogen and oxygen atoms in total. The Bertz CT molecular complexity index is 614. The predicted molar refractivity (Wildman–Crippen MR) is 94.3 cm³/mol. The minimum Gasteiger partial charge on any atom is -0.691 e. The average Bonchev–Trinajstić information content (AvgIpc) is 2.63. The van der Waals surface area contributed by atoms with Crippen molar-refractivity contribution >= 4 is 12.0 Å². The molecule has 4 saturated carbocycles. The van der Waals surface area contributed by atoms with Crippen LogP contribution < -0.4 is 5.26 Å². The lowest BCUT2D eigenvalue weighted by atomic mass is 9.48. The molecule has 0 aromatic heterocycles. The van der Waals surface area contributed by atoms with Crippen LogP contribution in [0.4, 0.5) is 35.1 Å². The van der Waals surface area contributed by atoms with E-state index in [9.17, 15) is 40.4 Å². The van der Waals surface area contributed by atoms with Crippen molar-refractivity contribution in [2.24, 2.45) is 23.2 Å². The smallest absolute Gasteiger partial charge is 0.436 e. The summed E-state index contributed by atoms with van der Waals surface area (Å²) < 4.78 is 113. The zero-order valence-corrected chi connectivity index (χ0v) is 17.9. The van der Waals surface area contributed by atoms with E-state index in [0.717, 1.165) is 25.7 Å². The molecule has 0 radical (unpaired) electrons. The first-order valence-corrected chi connectivity index (χ1v) is 11.3. The van der Waals surface area contributed by atoms with Crippen molar-refractivity contribution in [2.75, 3.05) is 0 Å². The van der Waals surface area contributed by atoms with E-state index in [-0.39, 0.29) is 11.8 Å². The van der Waals surface area contributed by atoms with E-state index in [1.165, 1.54) is 19.3 Å². The fraction of sp³-hybridized carbons (Fsp3) is 1.00. The van der Waals surface area contributed by atoms with Crippen LogP contribution in [0.2, 0.25) is 0 Å². The van der Waals surface area contributed by atoms with Crippen LogP contribution in [0.15, 0.2) is 0 Å². The van der Waals surface area contributed by atoms with E-state index in [2.05, 4.69) is 14.1 Å². The van der Waals surface area contributed by atoms with Crippen LogP contribution in [0.25, 0.3) is 0 Å². The van der Waals surface area contributed by atoms with Crippen LogP contribution >= 0.6 is 12.0 Å². The number of unbranched alkanes of at least 4 members (excludes halogenated alkanes) is 2. The van der Waals surface area contributed by atoms with Crippen molar-refractivity contribution in [1.29, 1.82) is 0 Å². The molecule has 4 fully saturated rings. The van der Waals surface area contributed by atoms with Gasteiger partial charge in [-0.05, 0) is 74.5 Å². The number of hydrogen-bond acceptors (Lipinski definition) is 5. The summed E-state index contributed by atoms with van der Waals surface area (Å²) >= 11 is -1.64. The van der Waals surface area contributed by atoms with E-state index in [1.54, 1.807) is 0 Å². The summed E-state index contributed by atoms with van der Waals surface area (Å²) in [6.45, 7) is 0. The third-order valence-electron chi connectivity index (χ3n) is 7.05. The van der Waals surface area contributed by atoms with Crippen LogP contribution in [0.1, 0.15) is 70.6 Å². The quantitative estimate of drug-likeness (QED) is 0.0954. The molecule has 4 aliphatic rings. The number of alkyl halides is 8. The summed E-state index contributed by atoms with van der Waals surface area (Å²) in [5, 5.41) is 6.31. The standard InChI is InChI=1S/C19H26F8O4S/c20-16(21,17(22,23)29-18(24,25)19(26,27)32-31-30-28)5-3-1-2-4-15-9-12-6-13(10-15)8-14(7-12)11-15/h12-14,28H,1-11H2/p-1. The second-order valence-electron chi connectivity index (χ2n) is 9.55. The van der Waals surface area contributed by atoms with Gasteiger partial charge in [0.15, 0.2) is 0 Å². The molecule has 0 amide bonds. The number of halogens is 8. The highest BCUT2D eigenvalue weighted by Crippen LogP contribution is 2.61. The van der Waals surface area contributed by atoms with Crippen molar-refractivity contribution in [3.63, 3.8) is 0 Å². The fourth-order valence-corrected chi connectivity index (χ4v) is 6.42. The van der Waals surface area contributed by atoms with Crippen LogP contribution in [-0.2, 0) is 14.1 Å². The SMILES string of the molecule is [O-]OOSC(F)(F)C(F)(F)OC(F)(F)C(F)(F)CCCCCC12CC3CC(CC(C3)C1)C2. The molecule has 0 aliphatic heterocycles. The monoisotopic (exact) mass is 501 g/mol. The van der Waals surface area contributed by atoms with Crippen LogP contribution in [0.5, 0.6) is 0 Å². The molecular formula is C19H25F8O4S-. The largest absolute Gasteiger partial charge is 0.691 e. The molecule has 0 heterocycles. The highest BCUT2D eigenvalue weighted by atomic mass is 32.2. The predicted octanol–water partition coefficient (Wildman–Crippen LogP) is 6.46. The van der Waals surface area contributed by atoms with Crippen LogP contribution in [0.3, 0.4) is 0 Å². The zero-order chi connectivity index (χ0) is 23.8. The van der Waals surface area contributed by atoms with Gasteiger partial charge in [-0.2, -0.15) is 39.5 Å². The van der Waals surface area contributed by atoms with Gasteiger partial charge in [-0.15, -0.1) is 0 Å². The molecule has 13 heteroatoms. The molecule has 188 valence electrons. The first kappa shape index (κ1) is 26.2. The van der Waals surface area contributed by atoms with Gasteiger partial charge in [-0.1, -0.05) is 12.8 Å². The molecule has 0 unspecified atom stereocenters. The molecule has 4 aliphatic carbocycles. The van der Waals surface area contributed by atoms with E-state index in [1.807, 2.05) is 0 Å². The molecular weight excluding hydrogens is 476 g/mol. The van der Waals surface area contributed by atoms with Crippen LogP contribution in [0, 0.1) is 23.2 Å². The molecule has 32 heavy (non-hydrogen) atoms. The second kappa shape index (κ2) is 9.35. The lowest BCUT2D eigenvalue weighted by molar-refractivity contribution is -0.777. The molecule has 0 aromatic rings. The summed E-state index contributed by atoms with van der Waals surface area (Å²) in [5.74, 6) is -2.96. The molecule has 0 saturated heterocycles. The zero-order valence-electron chi connectivity index (χ0n) is 17.1. The maximum atomic E-state index is 13.8. The maximum absolute atomic E-state index is 13.8. The van der Waals surface area contributed by atoms with Gasteiger partial charge >= 0.3 is 23.4 Å². The molecule has 4 rings (SSSR count). The Balaban J connectivity index is 1.45. The highest BCUT2D eigenvalue weighted by Gasteiger charge is 2.69. The third kappa shape index (κ3) is 5.64. The average molecular weight is 501 g/mol.